The molecule has 0 unspecified atom stereocenters. The van der Waals surface area contributed by atoms with Crippen LogP contribution < -0.4 is 10.5 Å². The van der Waals surface area contributed by atoms with Crippen molar-refractivity contribution in [1.82, 2.24) is 15.0 Å². The summed E-state index contributed by atoms with van der Waals surface area (Å²) in [5.41, 5.74) is 6.36. The number of aryl methyl sites for hydroxylation is 1. The number of hydrogen-bond acceptors (Lipinski definition) is 11. The SMILES string of the molecule is CCOC(=O)c1c(C)oc2nc(COC(=O)c3csc(COc4ccc(F)cc4)n3)nc(N)c12. The van der Waals surface area contributed by atoms with Crippen molar-refractivity contribution in [2.45, 2.75) is 27.1 Å². The Morgan fingerprint density at radius 3 is 2.59 bits per heavy atom. The Kier molecular flexibility index (Phi) is 6.68. The number of halogens is 1. The van der Waals surface area contributed by atoms with Crippen LogP contribution in [0, 0.1) is 12.7 Å². The van der Waals surface area contributed by atoms with Crippen molar-refractivity contribution in [1.29, 1.82) is 0 Å². The van der Waals surface area contributed by atoms with Gasteiger partial charge in [0.2, 0.25) is 5.71 Å². The van der Waals surface area contributed by atoms with Gasteiger partial charge in [-0.05, 0) is 38.1 Å². The van der Waals surface area contributed by atoms with Crippen molar-refractivity contribution in [3.63, 3.8) is 0 Å². The van der Waals surface area contributed by atoms with Crippen LogP contribution in [0.3, 0.4) is 0 Å². The van der Waals surface area contributed by atoms with Crippen molar-refractivity contribution in [3.8, 4) is 5.75 Å². The van der Waals surface area contributed by atoms with Crippen LogP contribution in [0.2, 0.25) is 0 Å². The number of anilines is 1. The maximum atomic E-state index is 13.0. The van der Waals surface area contributed by atoms with Crippen LogP contribution >= 0.6 is 11.3 Å². The van der Waals surface area contributed by atoms with Gasteiger partial charge in [0.25, 0.3) is 0 Å². The van der Waals surface area contributed by atoms with Crippen molar-refractivity contribution in [2.75, 3.05) is 12.3 Å². The van der Waals surface area contributed by atoms with Gasteiger partial charge in [-0.25, -0.2) is 23.9 Å². The van der Waals surface area contributed by atoms with E-state index in [9.17, 15) is 14.0 Å². The molecule has 0 bridgehead atoms. The van der Waals surface area contributed by atoms with Crippen LogP contribution in [0.4, 0.5) is 10.2 Å². The van der Waals surface area contributed by atoms with E-state index in [1.165, 1.54) is 41.0 Å². The van der Waals surface area contributed by atoms with E-state index < -0.39 is 11.9 Å². The average Bonchev–Trinajstić information content (AvgIpc) is 3.41. The summed E-state index contributed by atoms with van der Waals surface area (Å²) in [6.45, 7) is 3.29. The first-order valence-corrected chi connectivity index (χ1v) is 11.0. The van der Waals surface area contributed by atoms with Gasteiger partial charge in [0.05, 0.1) is 12.0 Å². The van der Waals surface area contributed by atoms with Gasteiger partial charge in [-0.3, -0.25) is 0 Å². The Hall–Kier alpha value is -4.06. The molecule has 3 aromatic heterocycles. The Morgan fingerprint density at radius 2 is 1.85 bits per heavy atom. The lowest BCUT2D eigenvalue weighted by molar-refractivity contribution is 0.0455. The molecule has 0 fully saturated rings. The van der Waals surface area contributed by atoms with Crippen LogP contribution in [-0.2, 0) is 22.7 Å². The van der Waals surface area contributed by atoms with E-state index in [4.69, 9.17) is 24.4 Å². The molecule has 4 aromatic rings. The maximum Gasteiger partial charge on any atom is 0.358 e. The van der Waals surface area contributed by atoms with Gasteiger partial charge in [0, 0.05) is 5.38 Å². The first kappa shape index (κ1) is 23.1. The van der Waals surface area contributed by atoms with Gasteiger partial charge in [0.1, 0.15) is 40.3 Å². The standard InChI is InChI=1S/C22H19FN4O6S/c1-3-30-22(29)17-11(2)33-20-18(17)19(24)26-15(27-20)8-32-21(28)14-10-34-16(25-14)9-31-13-6-4-12(23)5-7-13/h4-7,10H,3,8-9H2,1-2H3,(H2,24,26,27). The van der Waals surface area contributed by atoms with Crippen molar-refractivity contribution >= 4 is 40.2 Å². The fourth-order valence-corrected chi connectivity index (χ4v) is 3.72. The molecule has 0 aliphatic rings. The molecule has 0 saturated heterocycles. The lowest BCUT2D eigenvalue weighted by Gasteiger charge is -2.05. The number of esters is 2. The summed E-state index contributed by atoms with van der Waals surface area (Å²) in [5.74, 6) is -0.766. The Labute approximate surface area is 196 Å². The summed E-state index contributed by atoms with van der Waals surface area (Å²) < 4.78 is 34.3. The summed E-state index contributed by atoms with van der Waals surface area (Å²) >= 11 is 1.22. The summed E-state index contributed by atoms with van der Waals surface area (Å²) in [6.07, 6.45) is 0. The number of nitrogens with two attached hydrogens (primary N) is 1. The molecule has 0 atom stereocenters. The van der Waals surface area contributed by atoms with Crippen LogP contribution in [0.1, 0.15) is 44.4 Å². The lowest BCUT2D eigenvalue weighted by Crippen LogP contribution is -2.10. The predicted octanol–water partition coefficient (Wildman–Crippen LogP) is 3.82. The number of nitrogen functional groups attached to an aromatic ring is 1. The van der Waals surface area contributed by atoms with Crippen LogP contribution in [0.5, 0.6) is 5.75 Å². The molecule has 0 aliphatic heterocycles. The van der Waals surface area contributed by atoms with Gasteiger partial charge in [-0.2, -0.15) is 4.98 Å². The second kappa shape index (κ2) is 9.83. The zero-order chi connectivity index (χ0) is 24.2. The van der Waals surface area contributed by atoms with Gasteiger partial charge in [-0.15, -0.1) is 11.3 Å². The number of fused-ring (bicyclic) bond motifs is 1. The summed E-state index contributed by atoms with van der Waals surface area (Å²) in [6, 6.07) is 5.56. The minimum absolute atomic E-state index is 0.00448. The molecule has 10 nitrogen and oxygen atoms in total. The third-order valence-electron chi connectivity index (χ3n) is 4.55. The molecule has 4 rings (SSSR count). The van der Waals surface area contributed by atoms with Gasteiger partial charge >= 0.3 is 11.9 Å². The number of nitrogens with zero attached hydrogens (tertiary/aromatic N) is 3. The molecular weight excluding hydrogens is 467 g/mol. The number of ether oxygens (including phenoxy) is 3. The number of carbonyl (C=O) groups is 2. The normalized spacial score (nSPS) is 10.9. The number of benzene rings is 1. The quantitative estimate of drug-likeness (QED) is 0.366. The van der Waals surface area contributed by atoms with E-state index >= 15 is 0 Å². The maximum absolute atomic E-state index is 13.0. The summed E-state index contributed by atoms with van der Waals surface area (Å²) in [4.78, 5) is 37.1. The highest BCUT2D eigenvalue weighted by Gasteiger charge is 2.24. The first-order valence-electron chi connectivity index (χ1n) is 10.1. The molecule has 0 radical (unpaired) electrons. The van der Waals surface area contributed by atoms with E-state index in [1.54, 1.807) is 13.8 Å². The number of aromatic nitrogens is 3. The van der Waals surface area contributed by atoms with Crippen LogP contribution in [-0.4, -0.2) is 33.5 Å². The largest absolute Gasteiger partial charge is 0.486 e. The van der Waals surface area contributed by atoms with Crippen molar-refractivity contribution < 1.29 is 32.6 Å². The van der Waals surface area contributed by atoms with Crippen LogP contribution in [0.15, 0.2) is 34.1 Å². The van der Waals surface area contributed by atoms with Crippen molar-refractivity contribution in [2.24, 2.45) is 0 Å². The fourth-order valence-electron chi connectivity index (χ4n) is 3.05. The van der Waals surface area contributed by atoms with Gasteiger partial charge in [0.15, 0.2) is 18.1 Å². The highest BCUT2D eigenvalue weighted by atomic mass is 32.1. The zero-order valence-corrected chi connectivity index (χ0v) is 19.0. The minimum atomic E-state index is -0.686. The zero-order valence-electron chi connectivity index (χ0n) is 18.2. The molecule has 0 aliphatic carbocycles. The monoisotopic (exact) mass is 486 g/mol. The molecule has 176 valence electrons. The Morgan fingerprint density at radius 1 is 1.09 bits per heavy atom. The molecule has 34 heavy (non-hydrogen) atoms. The molecule has 12 heteroatoms. The van der Waals surface area contributed by atoms with Gasteiger partial charge in [-0.1, -0.05) is 0 Å². The topological polar surface area (TPSA) is 140 Å². The molecular formula is C22H19FN4O6S. The third kappa shape index (κ3) is 4.96. The number of carbonyl (C=O) groups excluding carboxylic acids is 2. The second-order valence-corrected chi connectivity index (χ2v) is 7.85. The van der Waals surface area contributed by atoms with E-state index in [2.05, 4.69) is 15.0 Å². The number of furan rings is 1. The third-order valence-corrected chi connectivity index (χ3v) is 5.37. The summed E-state index contributed by atoms with van der Waals surface area (Å²) in [7, 11) is 0. The van der Waals surface area contributed by atoms with E-state index in [1.807, 2.05) is 0 Å². The average molecular weight is 486 g/mol. The first-order chi connectivity index (χ1) is 16.4. The van der Waals surface area contributed by atoms with E-state index in [0.29, 0.717) is 16.5 Å². The van der Waals surface area contributed by atoms with Gasteiger partial charge < -0.3 is 24.4 Å². The minimum Gasteiger partial charge on any atom is -0.486 e. The van der Waals surface area contributed by atoms with E-state index in [-0.39, 0.29) is 59.6 Å². The number of rotatable bonds is 8. The lowest BCUT2D eigenvalue weighted by atomic mass is 10.2. The van der Waals surface area contributed by atoms with E-state index in [0.717, 1.165) is 0 Å². The van der Waals surface area contributed by atoms with Crippen LogP contribution in [0.25, 0.3) is 11.1 Å². The Balaban J connectivity index is 1.40. The molecule has 3 heterocycles. The molecule has 2 N–H and O–H groups in total. The summed E-state index contributed by atoms with van der Waals surface area (Å²) in [5, 5.41) is 2.32. The van der Waals surface area contributed by atoms with Crippen molar-refractivity contribution in [3.05, 3.63) is 63.3 Å². The number of hydrogen-bond donors (Lipinski definition) is 1. The predicted molar refractivity (Wildman–Crippen MR) is 119 cm³/mol. The number of thiazole rings is 1. The Bertz CT molecular complexity index is 1350. The highest BCUT2D eigenvalue weighted by molar-refractivity contribution is 7.09. The second-order valence-electron chi connectivity index (χ2n) is 6.90. The fraction of sp³-hybridized carbons (Fsp3) is 0.227. The highest BCUT2D eigenvalue weighted by Crippen LogP contribution is 2.29. The molecule has 1 aromatic carbocycles. The molecule has 0 amide bonds. The molecule has 0 saturated carbocycles. The molecule has 0 spiro atoms. The smallest absolute Gasteiger partial charge is 0.358 e.